The molecule has 1 saturated heterocycles. The van der Waals surface area contributed by atoms with E-state index in [1.54, 1.807) is 12.1 Å². The molecule has 2 aliphatic rings. The molecule has 1 aromatic rings. The van der Waals surface area contributed by atoms with Crippen LogP contribution in [0.2, 0.25) is 0 Å². The fourth-order valence-corrected chi connectivity index (χ4v) is 4.67. The molecule has 0 bridgehead atoms. The number of amides is 1. The number of nitrogens with one attached hydrogen (secondary N) is 2. The van der Waals surface area contributed by atoms with Crippen LogP contribution in [0.15, 0.2) is 23.1 Å². The Kier molecular flexibility index (Phi) is 4.44. The topological polar surface area (TPSA) is 78.5 Å². The van der Waals surface area contributed by atoms with Gasteiger partial charge in [-0.15, -0.1) is 0 Å². The fourth-order valence-electron chi connectivity index (χ4n) is 3.30. The van der Waals surface area contributed by atoms with Crippen LogP contribution in [0.4, 0.5) is 0 Å². The molecule has 2 atom stereocenters. The summed E-state index contributed by atoms with van der Waals surface area (Å²) in [5.41, 5.74) is 1.37. The first-order valence-electron chi connectivity index (χ1n) is 8.06. The van der Waals surface area contributed by atoms with E-state index in [1.165, 1.54) is 6.07 Å². The molecular weight excluding hydrogens is 314 g/mol. The Morgan fingerprint density at radius 1 is 1.35 bits per heavy atom. The summed E-state index contributed by atoms with van der Waals surface area (Å²) in [4.78, 5) is 14.3. The summed E-state index contributed by atoms with van der Waals surface area (Å²) in [6.45, 7) is 7.28. The second kappa shape index (κ2) is 6.22. The average molecular weight is 337 g/mol. The van der Waals surface area contributed by atoms with Gasteiger partial charge in [-0.3, -0.25) is 4.79 Å². The van der Waals surface area contributed by atoms with E-state index < -0.39 is 10.0 Å². The van der Waals surface area contributed by atoms with Gasteiger partial charge in [-0.2, -0.15) is 0 Å². The van der Waals surface area contributed by atoms with Gasteiger partial charge in [-0.1, -0.05) is 19.9 Å². The summed E-state index contributed by atoms with van der Waals surface area (Å²) in [5.74, 6) is 0.0698. The second-order valence-corrected chi connectivity index (χ2v) is 8.10. The smallest absolute Gasteiger partial charge is 0.251 e. The number of likely N-dealkylation sites (tertiary alicyclic amines) is 1. The zero-order chi connectivity index (χ0) is 16.6. The zero-order valence-electron chi connectivity index (χ0n) is 13.5. The molecule has 0 aliphatic carbocycles. The lowest BCUT2D eigenvalue weighted by Crippen LogP contribution is -2.40. The second-order valence-electron chi connectivity index (χ2n) is 6.38. The summed E-state index contributed by atoms with van der Waals surface area (Å²) in [5, 5.41) is 2.75. The van der Waals surface area contributed by atoms with Crippen molar-refractivity contribution < 1.29 is 13.2 Å². The molecule has 0 unspecified atom stereocenters. The molecule has 0 spiro atoms. The van der Waals surface area contributed by atoms with Crippen molar-refractivity contribution in [2.75, 3.05) is 26.2 Å². The molecule has 0 saturated carbocycles. The third-order valence-electron chi connectivity index (χ3n) is 4.76. The quantitative estimate of drug-likeness (QED) is 0.843. The lowest BCUT2D eigenvalue weighted by Gasteiger charge is -2.19. The van der Waals surface area contributed by atoms with E-state index in [0.717, 1.165) is 31.6 Å². The Labute approximate surface area is 137 Å². The number of fused-ring (bicyclic) bond motifs is 1. The summed E-state index contributed by atoms with van der Waals surface area (Å²) in [6, 6.07) is 4.74. The van der Waals surface area contributed by atoms with Crippen LogP contribution in [-0.4, -0.2) is 51.4 Å². The van der Waals surface area contributed by atoms with Crippen molar-refractivity contribution in [3.05, 3.63) is 29.3 Å². The number of carbonyl (C=O) groups is 1. The third kappa shape index (κ3) is 3.27. The Bertz CT molecular complexity index is 717. The summed E-state index contributed by atoms with van der Waals surface area (Å²) >= 11 is 0. The molecule has 23 heavy (non-hydrogen) atoms. The standard InChI is InChI=1S/C16H23N3O3S/c1-3-19-9-11(2)15(10-19)18-23(21,22)13-5-4-12-6-7-17-16(20)14(12)8-13/h4-5,8,11,15,18H,3,6-7,9-10H2,1-2H3,(H,17,20)/t11-,15+/m1/s1. The van der Waals surface area contributed by atoms with Crippen LogP contribution in [0.3, 0.4) is 0 Å². The van der Waals surface area contributed by atoms with E-state index in [9.17, 15) is 13.2 Å². The molecule has 2 N–H and O–H groups in total. The Balaban J connectivity index is 1.83. The summed E-state index contributed by atoms with van der Waals surface area (Å²) in [7, 11) is -3.62. The van der Waals surface area contributed by atoms with Crippen molar-refractivity contribution in [1.29, 1.82) is 0 Å². The first-order valence-corrected chi connectivity index (χ1v) is 9.55. The molecule has 3 rings (SSSR count). The molecular formula is C16H23N3O3S. The predicted octanol–water partition coefficient (Wildman–Crippen LogP) is 0.591. The predicted molar refractivity (Wildman–Crippen MR) is 87.9 cm³/mol. The minimum atomic E-state index is -3.62. The summed E-state index contributed by atoms with van der Waals surface area (Å²) in [6.07, 6.45) is 0.736. The van der Waals surface area contributed by atoms with Crippen LogP contribution in [0, 0.1) is 5.92 Å². The number of hydrogen-bond donors (Lipinski definition) is 2. The lowest BCUT2D eigenvalue weighted by molar-refractivity contribution is 0.0945. The maximum atomic E-state index is 12.7. The van der Waals surface area contributed by atoms with Gasteiger partial charge in [0.15, 0.2) is 0 Å². The van der Waals surface area contributed by atoms with Crippen molar-refractivity contribution in [3.63, 3.8) is 0 Å². The van der Waals surface area contributed by atoms with Crippen LogP contribution in [0.1, 0.15) is 29.8 Å². The number of benzene rings is 1. The van der Waals surface area contributed by atoms with Crippen LogP contribution in [0.5, 0.6) is 0 Å². The average Bonchev–Trinajstić information content (AvgIpc) is 2.87. The molecule has 126 valence electrons. The summed E-state index contributed by atoms with van der Waals surface area (Å²) < 4.78 is 28.1. The Morgan fingerprint density at radius 3 is 2.83 bits per heavy atom. The number of nitrogens with zero attached hydrogens (tertiary/aromatic N) is 1. The van der Waals surface area contributed by atoms with Gasteiger partial charge in [0.1, 0.15) is 0 Å². The Hall–Kier alpha value is -1.44. The first kappa shape index (κ1) is 16.4. The molecule has 0 radical (unpaired) electrons. The third-order valence-corrected chi connectivity index (χ3v) is 6.25. The van der Waals surface area contributed by atoms with Gasteiger partial charge < -0.3 is 10.2 Å². The molecule has 1 amide bonds. The molecule has 6 nitrogen and oxygen atoms in total. The van der Waals surface area contributed by atoms with E-state index in [2.05, 4.69) is 28.8 Å². The van der Waals surface area contributed by atoms with Crippen molar-refractivity contribution in [3.8, 4) is 0 Å². The van der Waals surface area contributed by atoms with Gasteiger partial charge in [0.05, 0.1) is 4.90 Å². The monoisotopic (exact) mass is 337 g/mol. The molecule has 0 aromatic heterocycles. The number of likely N-dealkylation sites (N-methyl/N-ethyl adjacent to an activating group) is 1. The molecule has 1 fully saturated rings. The maximum Gasteiger partial charge on any atom is 0.251 e. The van der Waals surface area contributed by atoms with Crippen molar-refractivity contribution in [2.45, 2.75) is 31.2 Å². The molecule has 2 aliphatic heterocycles. The fraction of sp³-hybridized carbons (Fsp3) is 0.562. The van der Waals surface area contributed by atoms with E-state index in [-0.39, 0.29) is 22.8 Å². The molecule has 7 heteroatoms. The number of carbonyl (C=O) groups excluding carboxylic acids is 1. The minimum Gasteiger partial charge on any atom is -0.352 e. The zero-order valence-corrected chi connectivity index (χ0v) is 14.3. The highest BCUT2D eigenvalue weighted by Crippen LogP contribution is 2.22. The number of hydrogen-bond acceptors (Lipinski definition) is 4. The highest BCUT2D eigenvalue weighted by Gasteiger charge is 2.32. The van der Waals surface area contributed by atoms with E-state index in [4.69, 9.17) is 0 Å². The van der Waals surface area contributed by atoms with Gasteiger partial charge in [0.25, 0.3) is 5.91 Å². The van der Waals surface area contributed by atoms with Crippen LogP contribution >= 0.6 is 0 Å². The molecule has 2 heterocycles. The van der Waals surface area contributed by atoms with E-state index >= 15 is 0 Å². The number of sulfonamides is 1. The van der Waals surface area contributed by atoms with Gasteiger partial charge in [-0.25, -0.2) is 13.1 Å². The van der Waals surface area contributed by atoms with E-state index in [1.807, 2.05) is 0 Å². The van der Waals surface area contributed by atoms with Gasteiger partial charge in [-0.05, 0) is 36.6 Å². The highest BCUT2D eigenvalue weighted by atomic mass is 32.2. The van der Waals surface area contributed by atoms with Crippen molar-refractivity contribution in [2.24, 2.45) is 5.92 Å². The van der Waals surface area contributed by atoms with Crippen LogP contribution < -0.4 is 10.0 Å². The molecule has 1 aromatic carbocycles. The van der Waals surface area contributed by atoms with Gasteiger partial charge >= 0.3 is 0 Å². The van der Waals surface area contributed by atoms with Crippen molar-refractivity contribution >= 4 is 15.9 Å². The maximum absolute atomic E-state index is 12.7. The van der Waals surface area contributed by atoms with E-state index in [0.29, 0.717) is 12.1 Å². The highest BCUT2D eigenvalue weighted by molar-refractivity contribution is 7.89. The van der Waals surface area contributed by atoms with Crippen LogP contribution in [0.25, 0.3) is 0 Å². The number of rotatable bonds is 4. The van der Waals surface area contributed by atoms with Crippen molar-refractivity contribution in [1.82, 2.24) is 14.9 Å². The normalized spacial score (nSPS) is 25.2. The first-order chi connectivity index (χ1) is 10.9. The minimum absolute atomic E-state index is 0.0928. The SMILES string of the molecule is CCN1C[C@@H](C)[C@@H](NS(=O)(=O)c2ccc3c(c2)C(=O)NCC3)C1. The lowest BCUT2D eigenvalue weighted by atomic mass is 10.0. The van der Waals surface area contributed by atoms with Gasteiger partial charge in [0.2, 0.25) is 10.0 Å². The largest absolute Gasteiger partial charge is 0.352 e. The van der Waals surface area contributed by atoms with Gasteiger partial charge in [0, 0.05) is 31.2 Å². The Morgan fingerprint density at radius 2 is 2.13 bits per heavy atom. The van der Waals surface area contributed by atoms with Crippen LogP contribution in [-0.2, 0) is 16.4 Å².